The molecule has 0 bridgehead atoms. The summed E-state index contributed by atoms with van der Waals surface area (Å²) in [6.45, 7) is 3.88. The average molecular weight is 692 g/mol. The van der Waals surface area contributed by atoms with Crippen LogP contribution < -0.4 is 21.3 Å². The van der Waals surface area contributed by atoms with Crippen LogP contribution in [0.3, 0.4) is 0 Å². The summed E-state index contributed by atoms with van der Waals surface area (Å²) < 4.78 is 41.6. The number of nitrogens with one attached hydrogen (secondary N) is 4. The number of carbonyl (C=O) groups excluding carboxylic acids is 2. The second-order valence-corrected chi connectivity index (χ2v) is 15.0. The molecular weight excluding hydrogens is 652 g/mol. The molecule has 3 aromatic rings. The van der Waals surface area contributed by atoms with Gasteiger partial charge in [0, 0.05) is 42.6 Å². The monoisotopic (exact) mass is 690 g/mol. The molecule has 0 radical (unpaired) electrons. The van der Waals surface area contributed by atoms with E-state index < -0.39 is 12.1 Å². The van der Waals surface area contributed by atoms with E-state index in [-0.39, 0.29) is 48.1 Å². The van der Waals surface area contributed by atoms with Crippen molar-refractivity contribution < 1.29 is 22.8 Å². The number of fused-ring (bicyclic) bond motifs is 2. The summed E-state index contributed by atoms with van der Waals surface area (Å²) in [7, 11) is 1.88. The van der Waals surface area contributed by atoms with Crippen LogP contribution in [0.2, 0.25) is 10.0 Å². The van der Waals surface area contributed by atoms with Crippen molar-refractivity contribution in [3.8, 4) is 0 Å². The molecule has 3 saturated carbocycles. The summed E-state index contributed by atoms with van der Waals surface area (Å²) in [6.07, 6.45) is 0.196. The first-order valence-corrected chi connectivity index (χ1v) is 17.2. The standard InChI is InChI=1S/C34H39Cl2F3N6O2/c1-32(10-3-11-32)30(47)41-15-18-4-9-24(35)28(27(18)36)44-31-43-25-12-22(29(46)42-21-7-5-19(6-8-21)34(37,38)39)23(13-26(25)45(31)2)33-14-20(33)16-40-17-33/h4,9,12-13,19-21,40H,3,5-8,10-11,14-17H2,1-2H3,(H,41,47)(H,42,46)(H,43,44). The van der Waals surface area contributed by atoms with Crippen molar-refractivity contribution in [1.82, 2.24) is 25.5 Å². The Balaban J connectivity index is 1.16. The molecule has 4 aliphatic rings. The number of imidazole rings is 1. The van der Waals surface area contributed by atoms with E-state index in [0.29, 0.717) is 57.1 Å². The summed E-state index contributed by atoms with van der Waals surface area (Å²) in [6, 6.07) is 7.05. The van der Waals surface area contributed by atoms with Crippen LogP contribution in [0.1, 0.15) is 79.8 Å². The van der Waals surface area contributed by atoms with Gasteiger partial charge in [0.15, 0.2) is 0 Å². The van der Waals surface area contributed by atoms with Gasteiger partial charge in [-0.2, -0.15) is 13.2 Å². The van der Waals surface area contributed by atoms with Crippen molar-refractivity contribution in [3.05, 3.63) is 51.0 Å². The molecule has 2 heterocycles. The molecule has 252 valence electrons. The van der Waals surface area contributed by atoms with E-state index in [2.05, 4.69) is 21.3 Å². The number of rotatable bonds is 8. The summed E-state index contributed by atoms with van der Waals surface area (Å²) in [4.78, 5) is 31.3. The third-order valence-electron chi connectivity index (χ3n) is 11.2. The molecule has 2 atom stereocenters. The number of benzene rings is 2. The summed E-state index contributed by atoms with van der Waals surface area (Å²) in [5.74, 6) is -0.683. The Hall–Kier alpha value is -3.02. The van der Waals surface area contributed by atoms with Crippen LogP contribution in [-0.2, 0) is 23.8 Å². The predicted molar refractivity (Wildman–Crippen MR) is 176 cm³/mol. The zero-order valence-electron chi connectivity index (χ0n) is 26.4. The van der Waals surface area contributed by atoms with Gasteiger partial charge in [0.05, 0.1) is 32.7 Å². The average Bonchev–Trinajstić information content (AvgIpc) is 3.43. The maximum atomic E-state index is 13.8. The summed E-state index contributed by atoms with van der Waals surface area (Å²) in [5, 5.41) is 13.6. The largest absolute Gasteiger partial charge is 0.391 e. The molecule has 2 aromatic carbocycles. The molecule has 4 N–H and O–H groups in total. The highest BCUT2D eigenvalue weighted by Gasteiger charge is 2.59. The third-order valence-corrected chi connectivity index (χ3v) is 12.0. The first-order valence-electron chi connectivity index (χ1n) is 16.4. The van der Waals surface area contributed by atoms with Gasteiger partial charge in [-0.15, -0.1) is 0 Å². The van der Waals surface area contributed by atoms with Gasteiger partial charge in [0.1, 0.15) is 0 Å². The number of carbonyl (C=O) groups is 2. The van der Waals surface area contributed by atoms with Crippen molar-refractivity contribution in [2.75, 3.05) is 18.4 Å². The lowest BCUT2D eigenvalue weighted by atomic mass is 9.70. The van der Waals surface area contributed by atoms with Crippen LogP contribution >= 0.6 is 23.2 Å². The van der Waals surface area contributed by atoms with Crippen molar-refractivity contribution in [3.63, 3.8) is 0 Å². The Morgan fingerprint density at radius 1 is 1.13 bits per heavy atom. The smallest absolute Gasteiger partial charge is 0.351 e. The van der Waals surface area contributed by atoms with E-state index in [0.717, 1.165) is 49.9 Å². The molecule has 4 fully saturated rings. The third kappa shape index (κ3) is 5.86. The zero-order chi connectivity index (χ0) is 33.3. The molecular formula is C34H39Cl2F3N6O2. The van der Waals surface area contributed by atoms with Crippen molar-refractivity contribution >= 4 is 57.7 Å². The molecule has 1 aromatic heterocycles. The van der Waals surface area contributed by atoms with Gasteiger partial charge in [0.2, 0.25) is 11.9 Å². The number of hydrogen-bond donors (Lipinski definition) is 4. The molecule has 47 heavy (non-hydrogen) atoms. The fourth-order valence-electron chi connectivity index (χ4n) is 7.82. The number of hydrogen-bond acceptors (Lipinski definition) is 5. The van der Waals surface area contributed by atoms with E-state index in [1.807, 2.05) is 24.6 Å². The van der Waals surface area contributed by atoms with E-state index in [9.17, 15) is 22.8 Å². The Labute approximate surface area is 281 Å². The van der Waals surface area contributed by atoms with Crippen molar-refractivity contribution in [2.24, 2.45) is 24.3 Å². The summed E-state index contributed by atoms with van der Waals surface area (Å²) >= 11 is 13.4. The molecule has 7 rings (SSSR count). The number of nitrogens with zero attached hydrogens (tertiary/aromatic N) is 2. The van der Waals surface area contributed by atoms with Gasteiger partial charge in [-0.1, -0.05) is 42.6 Å². The molecule has 2 amide bonds. The maximum absolute atomic E-state index is 13.8. The lowest BCUT2D eigenvalue weighted by Crippen LogP contribution is -2.43. The highest BCUT2D eigenvalue weighted by atomic mass is 35.5. The first-order chi connectivity index (χ1) is 22.3. The number of alkyl halides is 3. The van der Waals surface area contributed by atoms with Gasteiger partial charge in [0.25, 0.3) is 5.91 Å². The highest BCUT2D eigenvalue weighted by Crippen LogP contribution is 2.57. The predicted octanol–water partition coefficient (Wildman–Crippen LogP) is 7.14. The van der Waals surface area contributed by atoms with E-state index in [1.54, 1.807) is 18.2 Å². The van der Waals surface area contributed by atoms with Crippen molar-refractivity contribution in [2.45, 2.75) is 82.5 Å². The number of amides is 2. The molecule has 1 aliphatic heterocycles. The van der Waals surface area contributed by atoms with E-state index in [4.69, 9.17) is 28.2 Å². The van der Waals surface area contributed by atoms with Crippen LogP contribution in [0.4, 0.5) is 24.8 Å². The first kappa shape index (κ1) is 32.5. The van der Waals surface area contributed by atoms with Gasteiger partial charge < -0.3 is 25.8 Å². The van der Waals surface area contributed by atoms with Gasteiger partial charge in [-0.05, 0) is 86.7 Å². The minimum absolute atomic E-state index is 0.0130. The van der Waals surface area contributed by atoms with Crippen LogP contribution in [0.15, 0.2) is 24.3 Å². The molecule has 1 saturated heterocycles. The SMILES string of the molecule is Cn1c(Nc2c(Cl)ccc(CNC(=O)C3(C)CCC3)c2Cl)nc2cc(C(=O)NC3CCC(C(F)(F)F)CC3)c(C34CNCC3C4)cc21. The van der Waals surface area contributed by atoms with Gasteiger partial charge in [-0.3, -0.25) is 9.59 Å². The molecule has 0 spiro atoms. The fourth-order valence-corrected chi connectivity index (χ4v) is 8.35. The van der Waals surface area contributed by atoms with Crippen LogP contribution in [0, 0.1) is 17.3 Å². The van der Waals surface area contributed by atoms with E-state index in [1.165, 1.54) is 0 Å². The maximum Gasteiger partial charge on any atom is 0.391 e. The number of halogens is 5. The highest BCUT2D eigenvalue weighted by molar-refractivity contribution is 6.39. The Morgan fingerprint density at radius 3 is 2.49 bits per heavy atom. The number of piperidine rings is 1. The van der Waals surface area contributed by atoms with Crippen LogP contribution in [0.25, 0.3) is 11.0 Å². The number of anilines is 2. The zero-order valence-corrected chi connectivity index (χ0v) is 27.9. The Kier molecular flexibility index (Phi) is 8.19. The number of aryl methyl sites for hydroxylation is 1. The number of aromatic nitrogens is 2. The van der Waals surface area contributed by atoms with E-state index >= 15 is 0 Å². The van der Waals surface area contributed by atoms with Gasteiger partial charge in [-0.25, -0.2) is 4.98 Å². The molecule has 3 aliphatic carbocycles. The van der Waals surface area contributed by atoms with Gasteiger partial charge >= 0.3 is 6.18 Å². The lowest BCUT2D eigenvalue weighted by molar-refractivity contribution is -0.182. The fraction of sp³-hybridized carbons (Fsp3) is 0.559. The molecule has 8 nitrogen and oxygen atoms in total. The Morgan fingerprint density at radius 2 is 1.87 bits per heavy atom. The minimum Gasteiger partial charge on any atom is -0.351 e. The topological polar surface area (TPSA) is 100 Å². The molecule has 2 unspecified atom stereocenters. The van der Waals surface area contributed by atoms with Crippen LogP contribution in [0.5, 0.6) is 0 Å². The normalized spacial score (nSPS) is 26.4. The van der Waals surface area contributed by atoms with Crippen LogP contribution in [-0.4, -0.2) is 46.7 Å². The molecule has 13 heteroatoms. The van der Waals surface area contributed by atoms with Crippen molar-refractivity contribution in [1.29, 1.82) is 0 Å². The quantitative estimate of drug-likeness (QED) is 0.201. The second kappa shape index (κ2) is 11.8. The second-order valence-electron chi connectivity index (χ2n) is 14.3. The lowest BCUT2D eigenvalue weighted by Gasteiger charge is -2.36. The Bertz CT molecular complexity index is 1750. The minimum atomic E-state index is -4.20. The summed E-state index contributed by atoms with van der Waals surface area (Å²) in [5.41, 5.74) is 3.55.